The quantitative estimate of drug-likeness (QED) is 0.811. The van der Waals surface area contributed by atoms with E-state index in [-0.39, 0.29) is 11.8 Å². The molecule has 0 bridgehead atoms. The van der Waals surface area contributed by atoms with Crippen LogP contribution < -0.4 is 5.32 Å². The monoisotopic (exact) mass is 301 g/mol. The van der Waals surface area contributed by atoms with Crippen molar-refractivity contribution in [1.82, 2.24) is 5.32 Å². The first-order valence-corrected chi connectivity index (χ1v) is 8.73. The minimum absolute atomic E-state index is 0.0851. The largest absolute Gasteiger partial charge is 0.383 e. The summed E-state index contributed by atoms with van der Waals surface area (Å²) in [7, 11) is 0. The van der Waals surface area contributed by atoms with Gasteiger partial charge in [-0.3, -0.25) is 4.79 Å². The molecular formula is C19H27NO2. The Labute approximate surface area is 133 Å². The summed E-state index contributed by atoms with van der Waals surface area (Å²) in [4.78, 5) is 12.1. The SMILES string of the molecule is O=C(CCC1CCCC1)NCC(O)(c1ccccc1)C1CC1. The average Bonchev–Trinajstić information content (AvgIpc) is 3.29. The van der Waals surface area contributed by atoms with Crippen molar-refractivity contribution in [3.05, 3.63) is 35.9 Å². The van der Waals surface area contributed by atoms with Crippen LogP contribution in [0.4, 0.5) is 0 Å². The number of amides is 1. The van der Waals surface area contributed by atoms with E-state index in [0.717, 1.165) is 30.7 Å². The normalized spacial score (nSPS) is 21.5. The molecule has 2 saturated carbocycles. The Morgan fingerprint density at radius 1 is 1.14 bits per heavy atom. The van der Waals surface area contributed by atoms with Crippen molar-refractivity contribution in [2.45, 2.75) is 57.0 Å². The fourth-order valence-electron chi connectivity index (χ4n) is 3.73. The van der Waals surface area contributed by atoms with Gasteiger partial charge in [-0.2, -0.15) is 0 Å². The predicted molar refractivity (Wildman–Crippen MR) is 87.3 cm³/mol. The molecule has 2 aliphatic carbocycles. The van der Waals surface area contributed by atoms with Crippen molar-refractivity contribution in [2.75, 3.05) is 6.54 Å². The highest BCUT2D eigenvalue weighted by molar-refractivity contribution is 5.76. The van der Waals surface area contributed by atoms with Gasteiger partial charge in [-0.25, -0.2) is 0 Å². The van der Waals surface area contributed by atoms with Crippen LogP contribution in [0.2, 0.25) is 0 Å². The summed E-state index contributed by atoms with van der Waals surface area (Å²) < 4.78 is 0. The van der Waals surface area contributed by atoms with Gasteiger partial charge in [-0.15, -0.1) is 0 Å². The molecule has 1 aromatic rings. The molecule has 0 aliphatic heterocycles. The Balaban J connectivity index is 1.52. The maximum atomic E-state index is 12.1. The molecule has 22 heavy (non-hydrogen) atoms. The molecule has 0 aromatic heterocycles. The Hall–Kier alpha value is -1.35. The molecule has 0 heterocycles. The van der Waals surface area contributed by atoms with Crippen molar-refractivity contribution in [2.24, 2.45) is 11.8 Å². The van der Waals surface area contributed by atoms with Crippen molar-refractivity contribution in [1.29, 1.82) is 0 Å². The number of hydrogen-bond acceptors (Lipinski definition) is 2. The number of hydrogen-bond donors (Lipinski definition) is 2. The van der Waals surface area contributed by atoms with Crippen LogP contribution in [0.3, 0.4) is 0 Å². The van der Waals surface area contributed by atoms with Crippen LogP contribution in [0, 0.1) is 11.8 Å². The number of rotatable bonds is 7. The highest BCUT2D eigenvalue weighted by Crippen LogP contribution is 2.45. The van der Waals surface area contributed by atoms with Crippen molar-refractivity contribution >= 4 is 5.91 Å². The fraction of sp³-hybridized carbons (Fsp3) is 0.632. The first kappa shape index (κ1) is 15.5. The van der Waals surface area contributed by atoms with Crippen molar-refractivity contribution in [3.8, 4) is 0 Å². The smallest absolute Gasteiger partial charge is 0.220 e. The maximum absolute atomic E-state index is 12.1. The molecule has 0 radical (unpaired) electrons. The predicted octanol–water partition coefficient (Wildman–Crippen LogP) is 3.37. The summed E-state index contributed by atoms with van der Waals surface area (Å²) in [6.45, 7) is 0.338. The van der Waals surface area contributed by atoms with Gasteiger partial charge in [0.25, 0.3) is 0 Å². The van der Waals surface area contributed by atoms with Crippen LogP contribution >= 0.6 is 0 Å². The van der Waals surface area contributed by atoms with Gasteiger partial charge in [0.2, 0.25) is 5.91 Å². The van der Waals surface area contributed by atoms with Crippen LogP contribution in [0.25, 0.3) is 0 Å². The lowest BCUT2D eigenvalue weighted by molar-refractivity contribution is -0.123. The summed E-state index contributed by atoms with van der Waals surface area (Å²) in [6, 6.07) is 9.78. The van der Waals surface area contributed by atoms with Gasteiger partial charge in [0.1, 0.15) is 5.60 Å². The third-order valence-corrected chi connectivity index (χ3v) is 5.34. The van der Waals surface area contributed by atoms with Gasteiger partial charge < -0.3 is 10.4 Å². The molecule has 3 nitrogen and oxygen atoms in total. The molecular weight excluding hydrogens is 274 g/mol. The molecule has 1 amide bonds. The van der Waals surface area contributed by atoms with Crippen molar-refractivity contribution < 1.29 is 9.90 Å². The lowest BCUT2D eigenvalue weighted by Gasteiger charge is -2.29. The zero-order valence-electron chi connectivity index (χ0n) is 13.3. The third-order valence-electron chi connectivity index (χ3n) is 5.34. The summed E-state index contributed by atoms with van der Waals surface area (Å²) in [6.07, 6.45) is 8.89. The summed E-state index contributed by atoms with van der Waals surface area (Å²) in [5, 5.41) is 14.0. The van der Waals surface area contributed by atoms with E-state index in [1.54, 1.807) is 0 Å². The summed E-state index contributed by atoms with van der Waals surface area (Å²) in [5.41, 5.74) is 0.0261. The number of benzene rings is 1. The highest BCUT2D eigenvalue weighted by atomic mass is 16.3. The maximum Gasteiger partial charge on any atom is 0.220 e. The van der Waals surface area contributed by atoms with E-state index in [4.69, 9.17) is 0 Å². The molecule has 2 aliphatic rings. The Kier molecular flexibility index (Phi) is 4.82. The number of carbonyl (C=O) groups is 1. The molecule has 0 spiro atoms. The van der Waals surface area contributed by atoms with E-state index in [1.807, 2.05) is 30.3 Å². The summed E-state index contributed by atoms with van der Waals surface area (Å²) in [5.74, 6) is 1.11. The number of nitrogens with one attached hydrogen (secondary N) is 1. The Morgan fingerprint density at radius 2 is 1.82 bits per heavy atom. The first-order chi connectivity index (χ1) is 10.7. The van der Waals surface area contributed by atoms with Gasteiger partial charge in [0, 0.05) is 6.42 Å². The molecule has 120 valence electrons. The Bertz CT molecular complexity index is 491. The van der Waals surface area contributed by atoms with Crippen molar-refractivity contribution in [3.63, 3.8) is 0 Å². The summed E-state index contributed by atoms with van der Waals surface area (Å²) >= 11 is 0. The molecule has 3 heteroatoms. The zero-order chi connectivity index (χ0) is 15.4. The van der Waals surface area contributed by atoms with E-state index in [0.29, 0.717) is 13.0 Å². The van der Waals surface area contributed by atoms with E-state index >= 15 is 0 Å². The van der Waals surface area contributed by atoms with Gasteiger partial charge in [-0.05, 0) is 36.7 Å². The number of carbonyl (C=O) groups excluding carboxylic acids is 1. The van der Waals surface area contributed by atoms with Crippen LogP contribution in [0.15, 0.2) is 30.3 Å². The second kappa shape index (κ2) is 6.82. The van der Waals surface area contributed by atoms with E-state index in [2.05, 4.69) is 5.32 Å². The van der Waals surface area contributed by atoms with Crippen LogP contribution in [-0.4, -0.2) is 17.6 Å². The van der Waals surface area contributed by atoms with Gasteiger partial charge in [0.15, 0.2) is 0 Å². The minimum Gasteiger partial charge on any atom is -0.383 e. The van der Waals surface area contributed by atoms with Crippen LogP contribution in [-0.2, 0) is 10.4 Å². The first-order valence-electron chi connectivity index (χ1n) is 8.73. The molecule has 2 N–H and O–H groups in total. The molecule has 1 unspecified atom stereocenters. The van der Waals surface area contributed by atoms with Crippen LogP contribution in [0.5, 0.6) is 0 Å². The second-order valence-corrected chi connectivity index (χ2v) is 7.03. The minimum atomic E-state index is -0.899. The van der Waals surface area contributed by atoms with Crippen LogP contribution in [0.1, 0.15) is 56.9 Å². The number of aliphatic hydroxyl groups is 1. The lowest BCUT2D eigenvalue weighted by atomic mass is 9.88. The standard InChI is InChI=1S/C19H27NO2/c21-18(13-10-15-6-4-5-7-15)20-14-19(22,17-11-12-17)16-8-2-1-3-9-16/h1-3,8-9,15,17,22H,4-7,10-14H2,(H,20,21). The fourth-order valence-corrected chi connectivity index (χ4v) is 3.73. The molecule has 3 rings (SSSR count). The molecule has 1 atom stereocenters. The topological polar surface area (TPSA) is 49.3 Å². The van der Waals surface area contributed by atoms with Gasteiger partial charge >= 0.3 is 0 Å². The van der Waals surface area contributed by atoms with E-state index < -0.39 is 5.60 Å². The van der Waals surface area contributed by atoms with Gasteiger partial charge in [-0.1, -0.05) is 56.0 Å². The Morgan fingerprint density at radius 3 is 2.45 bits per heavy atom. The molecule has 1 aromatic carbocycles. The lowest BCUT2D eigenvalue weighted by Crippen LogP contribution is -2.42. The molecule has 2 fully saturated rings. The second-order valence-electron chi connectivity index (χ2n) is 7.03. The highest BCUT2D eigenvalue weighted by Gasteiger charge is 2.45. The van der Waals surface area contributed by atoms with E-state index in [9.17, 15) is 9.90 Å². The third kappa shape index (κ3) is 3.70. The zero-order valence-corrected chi connectivity index (χ0v) is 13.3. The van der Waals surface area contributed by atoms with E-state index in [1.165, 1.54) is 25.7 Å². The molecule has 0 saturated heterocycles. The van der Waals surface area contributed by atoms with Gasteiger partial charge in [0.05, 0.1) is 6.54 Å². The average molecular weight is 301 g/mol.